The minimum atomic E-state index is -0.223. The van der Waals surface area contributed by atoms with Gasteiger partial charge in [-0.05, 0) is 55.3 Å². The summed E-state index contributed by atoms with van der Waals surface area (Å²) in [5.41, 5.74) is 4.58. The van der Waals surface area contributed by atoms with Crippen molar-refractivity contribution in [3.8, 4) is 0 Å². The summed E-state index contributed by atoms with van der Waals surface area (Å²) < 4.78 is 13.0. The number of nitrogens with zero attached hydrogens (tertiary/aromatic N) is 2. The summed E-state index contributed by atoms with van der Waals surface area (Å²) in [6, 6.07) is 12.7. The number of rotatable bonds is 5. The fourth-order valence-electron chi connectivity index (χ4n) is 3.27. The highest BCUT2D eigenvalue weighted by Gasteiger charge is 2.21. The molecule has 0 spiro atoms. The predicted molar refractivity (Wildman–Crippen MR) is 104 cm³/mol. The third kappa shape index (κ3) is 4.34. The topological polar surface area (TPSA) is 35.6 Å². The van der Waals surface area contributed by atoms with Crippen LogP contribution in [-0.2, 0) is 4.79 Å². The molecule has 5 heteroatoms. The Labute approximate surface area is 154 Å². The van der Waals surface area contributed by atoms with E-state index in [0.717, 1.165) is 24.5 Å². The maximum Gasteiger partial charge on any atom is 0.224 e. The second-order valence-corrected chi connectivity index (χ2v) is 6.77. The fraction of sp³-hybridized carbons (Fsp3) is 0.381. The number of hydrogen-bond donors (Lipinski definition) is 1. The van der Waals surface area contributed by atoms with Crippen LogP contribution in [0.2, 0.25) is 0 Å². The van der Waals surface area contributed by atoms with E-state index in [1.54, 1.807) is 12.1 Å². The van der Waals surface area contributed by atoms with Gasteiger partial charge in [0.25, 0.3) is 0 Å². The average Bonchev–Trinajstić information content (AvgIpc) is 2.66. The number of benzene rings is 2. The Morgan fingerprint density at radius 3 is 2.42 bits per heavy atom. The van der Waals surface area contributed by atoms with Gasteiger partial charge in [-0.15, -0.1) is 0 Å². The second kappa shape index (κ2) is 8.21. The Hall–Kier alpha value is -2.56. The number of hydrogen-bond acceptors (Lipinski definition) is 3. The molecule has 0 atom stereocenters. The third-order valence-corrected chi connectivity index (χ3v) is 5.08. The molecule has 0 aliphatic carbocycles. The van der Waals surface area contributed by atoms with Crippen LogP contribution in [0.3, 0.4) is 0 Å². The number of aryl methyl sites for hydroxylation is 1. The number of amides is 1. The van der Waals surface area contributed by atoms with Crippen molar-refractivity contribution in [2.24, 2.45) is 0 Å². The molecule has 2 aromatic rings. The zero-order chi connectivity index (χ0) is 18.5. The summed E-state index contributed by atoms with van der Waals surface area (Å²) in [5.74, 6) is -0.0412. The van der Waals surface area contributed by atoms with Crippen molar-refractivity contribution in [3.05, 3.63) is 59.4 Å². The molecule has 0 bridgehead atoms. The van der Waals surface area contributed by atoms with E-state index in [2.05, 4.69) is 30.1 Å². The lowest BCUT2D eigenvalue weighted by Crippen LogP contribution is -2.49. The smallest absolute Gasteiger partial charge is 0.224 e. The van der Waals surface area contributed by atoms with Gasteiger partial charge in [-0.2, -0.15) is 0 Å². The van der Waals surface area contributed by atoms with Gasteiger partial charge in [0.2, 0.25) is 5.91 Å². The van der Waals surface area contributed by atoms with Gasteiger partial charge < -0.3 is 15.1 Å². The first kappa shape index (κ1) is 18.2. The van der Waals surface area contributed by atoms with Crippen molar-refractivity contribution in [1.82, 2.24) is 4.90 Å². The highest BCUT2D eigenvalue weighted by molar-refractivity contribution is 5.77. The first-order valence-corrected chi connectivity index (χ1v) is 9.13. The van der Waals surface area contributed by atoms with E-state index >= 15 is 0 Å². The normalized spacial score (nSPS) is 14.4. The molecule has 1 N–H and O–H groups in total. The maximum absolute atomic E-state index is 13.0. The minimum Gasteiger partial charge on any atom is -0.384 e. The summed E-state index contributed by atoms with van der Waals surface area (Å²) in [6.45, 7) is 7.80. The molecule has 0 radical (unpaired) electrons. The quantitative estimate of drug-likeness (QED) is 0.890. The van der Waals surface area contributed by atoms with Crippen molar-refractivity contribution >= 4 is 17.3 Å². The molecule has 1 saturated heterocycles. The largest absolute Gasteiger partial charge is 0.384 e. The Morgan fingerprint density at radius 2 is 1.73 bits per heavy atom. The lowest BCUT2D eigenvalue weighted by atomic mass is 10.1. The van der Waals surface area contributed by atoms with Gasteiger partial charge in [-0.25, -0.2) is 4.39 Å². The number of nitrogens with one attached hydrogen (secondary N) is 1. The van der Waals surface area contributed by atoms with Crippen molar-refractivity contribution in [1.29, 1.82) is 0 Å². The Bertz CT molecular complexity index is 752. The fourth-order valence-corrected chi connectivity index (χ4v) is 3.27. The highest BCUT2D eigenvalue weighted by Crippen LogP contribution is 2.19. The van der Waals surface area contributed by atoms with E-state index in [-0.39, 0.29) is 11.7 Å². The number of anilines is 2. The molecule has 0 aromatic heterocycles. The van der Waals surface area contributed by atoms with E-state index in [1.165, 1.54) is 23.3 Å². The monoisotopic (exact) mass is 355 g/mol. The molecule has 1 aliphatic heterocycles. The van der Waals surface area contributed by atoms with E-state index in [1.807, 2.05) is 17.0 Å². The molecular weight excluding hydrogens is 329 g/mol. The molecule has 2 aromatic carbocycles. The Morgan fingerprint density at radius 1 is 1.04 bits per heavy atom. The van der Waals surface area contributed by atoms with Crippen LogP contribution in [0.5, 0.6) is 0 Å². The molecule has 1 amide bonds. The van der Waals surface area contributed by atoms with Gasteiger partial charge in [0.1, 0.15) is 5.82 Å². The average molecular weight is 355 g/mol. The zero-order valence-electron chi connectivity index (χ0n) is 15.5. The van der Waals surface area contributed by atoms with E-state index in [4.69, 9.17) is 0 Å². The van der Waals surface area contributed by atoms with Gasteiger partial charge in [-0.3, -0.25) is 4.79 Å². The molecule has 138 valence electrons. The SMILES string of the molecule is Cc1cccc(NCCC(=O)N2CCN(c3ccc(F)cc3)CC2)c1C. The molecule has 1 fully saturated rings. The van der Waals surface area contributed by atoms with Crippen molar-refractivity contribution in [2.45, 2.75) is 20.3 Å². The van der Waals surface area contributed by atoms with Gasteiger partial charge in [0.15, 0.2) is 0 Å². The second-order valence-electron chi connectivity index (χ2n) is 6.77. The van der Waals surface area contributed by atoms with E-state index in [0.29, 0.717) is 26.1 Å². The standard InChI is InChI=1S/C21H26FN3O/c1-16-4-3-5-20(17(16)2)23-11-10-21(26)25-14-12-24(13-15-25)19-8-6-18(22)7-9-19/h3-9,23H,10-15H2,1-2H3. The summed E-state index contributed by atoms with van der Waals surface area (Å²) >= 11 is 0. The van der Waals surface area contributed by atoms with Crippen LogP contribution < -0.4 is 10.2 Å². The first-order valence-electron chi connectivity index (χ1n) is 9.13. The van der Waals surface area contributed by atoms with Gasteiger partial charge in [0.05, 0.1) is 0 Å². The number of piperazine rings is 1. The Kier molecular flexibility index (Phi) is 5.76. The van der Waals surface area contributed by atoms with Crippen LogP contribution >= 0.6 is 0 Å². The van der Waals surface area contributed by atoms with Crippen LogP contribution in [-0.4, -0.2) is 43.5 Å². The predicted octanol–water partition coefficient (Wildman–Crippen LogP) is 3.59. The van der Waals surface area contributed by atoms with Crippen LogP contribution in [0.4, 0.5) is 15.8 Å². The van der Waals surface area contributed by atoms with Crippen LogP contribution in [0.1, 0.15) is 17.5 Å². The first-order chi connectivity index (χ1) is 12.5. The molecule has 1 aliphatic rings. The number of carbonyl (C=O) groups is 1. The lowest BCUT2D eigenvalue weighted by molar-refractivity contribution is -0.131. The number of halogens is 1. The summed E-state index contributed by atoms with van der Waals surface area (Å²) in [4.78, 5) is 16.6. The summed E-state index contributed by atoms with van der Waals surface area (Å²) in [7, 11) is 0. The molecule has 0 unspecified atom stereocenters. The molecule has 4 nitrogen and oxygen atoms in total. The zero-order valence-corrected chi connectivity index (χ0v) is 15.5. The van der Waals surface area contributed by atoms with Crippen molar-refractivity contribution < 1.29 is 9.18 Å². The van der Waals surface area contributed by atoms with Crippen molar-refractivity contribution in [3.63, 3.8) is 0 Å². The highest BCUT2D eigenvalue weighted by atomic mass is 19.1. The van der Waals surface area contributed by atoms with Crippen LogP contribution in [0, 0.1) is 19.7 Å². The molecule has 0 saturated carbocycles. The van der Waals surface area contributed by atoms with Crippen molar-refractivity contribution in [2.75, 3.05) is 42.9 Å². The number of carbonyl (C=O) groups excluding carboxylic acids is 1. The van der Waals surface area contributed by atoms with Gasteiger partial charge in [-0.1, -0.05) is 12.1 Å². The third-order valence-electron chi connectivity index (χ3n) is 5.08. The molecule has 3 rings (SSSR count). The van der Waals surface area contributed by atoms with Gasteiger partial charge in [0, 0.05) is 50.5 Å². The van der Waals surface area contributed by atoms with Gasteiger partial charge >= 0.3 is 0 Å². The van der Waals surface area contributed by atoms with E-state index < -0.39 is 0 Å². The molecule has 26 heavy (non-hydrogen) atoms. The van der Waals surface area contributed by atoms with Crippen LogP contribution in [0.25, 0.3) is 0 Å². The molecular formula is C21H26FN3O. The minimum absolute atomic E-state index is 0.182. The maximum atomic E-state index is 13.0. The Balaban J connectivity index is 1.45. The molecule has 1 heterocycles. The lowest BCUT2D eigenvalue weighted by Gasteiger charge is -2.36. The summed E-state index contributed by atoms with van der Waals surface area (Å²) in [6.07, 6.45) is 0.490. The van der Waals surface area contributed by atoms with Crippen LogP contribution in [0.15, 0.2) is 42.5 Å². The summed E-state index contributed by atoms with van der Waals surface area (Å²) in [5, 5.41) is 3.37. The van der Waals surface area contributed by atoms with E-state index in [9.17, 15) is 9.18 Å².